The number of benzene rings is 6. The predicted octanol–water partition coefficient (Wildman–Crippen LogP) is 11.1. The SMILES string of the molecule is COc1ccc(CCn2c(C(=O)c3ccc(OC)cc3)c(-c3ccc(OC)cc3)c3c4c([nH]c5c(OS(=O)(=O)OCC(Cl)(Cl)Cl)cccc54)c(OC)c(-c4ccc(OC)cc4)c32)cc1. The van der Waals surface area contributed by atoms with Crippen molar-refractivity contribution in [1.82, 2.24) is 9.55 Å². The van der Waals surface area contributed by atoms with Gasteiger partial charge in [-0.1, -0.05) is 83.3 Å². The molecule has 8 rings (SSSR count). The fraction of sp³-hybridized carbons (Fsp3) is 0.188. The van der Waals surface area contributed by atoms with Crippen LogP contribution in [0.5, 0.6) is 34.5 Å². The third kappa shape index (κ3) is 8.74. The zero-order chi connectivity index (χ0) is 45.3. The van der Waals surface area contributed by atoms with Crippen molar-refractivity contribution in [3.63, 3.8) is 0 Å². The van der Waals surface area contributed by atoms with Crippen molar-refractivity contribution in [2.24, 2.45) is 0 Å². The van der Waals surface area contributed by atoms with E-state index in [0.717, 1.165) is 11.1 Å². The monoisotopic (exact) mass is 942 g/mol. The highest BCUT2D eigenvalue weighted by Crippen LogP contribution is 2.52. The fourth-order valence-electron chi connectivity index (χ4n) is 7.96. The van der Waals surface area contributed by atoms with Gasteiger partial charge in [-0.3, -0.25) is 4.79 Å². The van der Waals surface area contributed by atoms with Crippen molar-refractivity contribution in [3.8, 4) is 56.8 Å². The summed E-state index contributed by atoms with van der Waals surface area (Å²) in [5, 5.41) is 1.86. The Morgan fingerprint density at radius 2 is 1.17 bits per heavy atom. The average molecular weight is 944 g/mol. The third-order valence-corrected chi connectivity index (χ3v) is 12.0. The first-order valence-corrected chi connectivity index (χ1v) is 22.2. The van der Waals surface area contributed by atoms with Crippen LogP contribution in [-0.2, 0) is 27.5 Å². The molecule has 2 heterocycles. The molecule has 8 aromatic rings. The van der Waals surface area contributed by atoms with E-state index in [1.54, 1.807) is 65.9 Å². The molecule has 6 aromatic carbocycles. The minimum atomic E-state index is -4.75. The molecule has 330 valence electrons. The molecule has 0 spiro atoms. The lowest BCUT2D eigenvalue weighted by atomic mass is 9.92. The molecular formula is C48H41Cl3N2O10S. The maximum atomic E-state index is 15.5. The number of para-hydroxylation sites is 1. The molecule has 16 heteroatoms. The van der Waals surface area contributed by atoms with Gasteiger partial charge in [0.25, 0.3) is 0 Å². The number of H-pyrrole nitrogens is 1. The van der Waals surface area contributed by atoms with Gasteiger partial charge in [0.2, 0.25) is 9.58 Å². The minimum absolute atomic E-state index is 0.0984. The summed E-state index contributed by atoms with van der Waals surface area (Å²) < 4.78 is 65.4. The molecule has 1 N–H and O–H groups in total. The first kappa shape index (κ1) is 44.5. The molecule has 2 aromatic heterocycles. The Kier molecular flexibility index (Phi) is 12.6. The number of fused-ring (bicyclic) bond motifs is 5. The smallest absolute Gasteiger partial charge is 0.449 e. The number of alkyl halides is 3. The van der Waals surface area contributed by atoms with Crippen LogP contribution in [0.4, 0.5) is 0 Å². The molecule has 0 fully saturated rings. The number of aromatic amines is 1. The van der Waals surface area contributed by atoms with Crippen molar-refractivity contribution >= 4 is 83.7 Å². The lowest BCUT2D eigenvalue weighted by Crippen LogP contribution is -2.21. The maximum absolute atomic E-state index is 15.5. The number of nitrogens with one attached hydrogen (secondary N) is 1. The van der Waals surface area contributed by atoms with Crippen molar-refractivity contribution in [1.29, 1.82) is 0 Å². The van der Waals surface area contributed by atoms with Crippen molar-refractivity contribution in [3.05, 3.63) is 132 Å². The summed E-state index contributed by atoms with van der Waals surface area (Å²) >= 11 is 17.5. The van der Waals surface area contributed by atoms with Crippen LogP contribution < -0.4 is 27.9 Å². The highest BCUT2D eigenvalue weighted by molar-refractivity contribution is 7.82. The van der Waals surface area contributed by atoms with Gasteiger partial charge in [-0.2, -0.15) is 8.42 Å². The molecule has 64 heavy (non-hydrogen) atoms. The number of carbonyl (C=O) groups is 1. The number of hydrogen-bond acceptors (Lipinski definition) is 10. The van der Waals surface area contributed by atoms with Crippen LogP contribution in [0, 0.1) is 0 Å². The highest BCUT2D eigenvalue weighted by atomic mass is 35.6. The number of nitrogens with zero attached hydrogens (tertiary/aromatic N) is 1. The molecule has 0 saturated carbocycles. The van der Waals surface area contributed by atoms with Gasteiger partial charge in [0, 0.05) is 33.8 Å². The summed E-state index contributed by atoms with van der Waals surface area (Å²) in [6.07, 6.45) is 0.513. The fourth-order valence-corrected chi connectivity index (χ4v) is 9.04. The zero-order valence-corrected chi connectivity index (χ0v) is 38.2. The molecular weight excluding hydrogens is 903 g/mol. The van der Waals surface area contributed by atoms with Crippen LogP contribution in [0.1, 0.15) is 21.6 Å². The molecule has 0 unspecified atom stereocenters. The van der Waals surface area contributed by atoms with Crippen molar-refractivity contribution in [2.75, 3.05) is 42.2 Å². The summed E-state index contributed by atoms with van der Waals surface area (Å²) in [5.41, 5.74) is 6.01. The van der Waals surface area contributed by atoms with Gasteiger partial charge in [0.05, 0.1) is 63.4 Å². The summed E-state index contributed by atoms with van der Waals surface area (Å²) in [6, 6.07) is 34.8. The lowest BCUT2D eigenvalue weighted by molar-refractivity contribution is 0.103. The van der Waals surface area contributed by atoms with Crippen molar-refractivity contribution < 1.29 is 45.3 Å². The summed E-state index contributed by atoms with van der Waals surface area (Å²) in [6.45, 7) is -0.452. The predicted molar refractivity (Wildman–Crippen MR) is 251 cm³/mol. The van der Waals surface area contributed by atoms with Crippen LogP contribution in [0.25, 0.3) is 55.0 Å². The number of aryl methyl sites for hydroxylation is 2. The lowest BCUT2D eigenvalue weighted by Gasteiger charge is -2.17. The summed E-state index contributed by atoms with van der Waals surface area (Å²) in [4.78, 5) is 19.0. The van der Waals surface area contributed by atoms with E-state index in [-0.39, 0.29) is 11.5 Å². The van der Waals surface area contributed by atoms with Crippen LogP contribution in [0.3, 0.4) is 0 Å². The Bertz CT molecular complexity index is 3110. The standard InChI is InChI=1S/C48H41Cl3N2O10S/c1-57-32-17-9-28(10-18-32)25-26-53-44-39(30-13-21-34(59-3)22-14-30)47(61-5)43-40(36-7-6-8-37(42(36)52-43)63-64(55,56)62-27-48(49,50)51)41(44)38(29-11-19-33(58-2)20-12-29)45(53)46(54)31-15-23-35(60-4)24-16-31/h6-24,52H,25-27H2,1-5H3. The number of ketones is 1. The quantitative estimate of drug-likeness (QED) is 0.0736. The first-order chi connectivity index (χ1) is 30.8. The Balaban J connectivity index is 1.54. The Hall–Kier alpha value is -6.09. The molecule has 0 saturated heterocycles. The molecule has 0 amide bonds. The van der Waals surface area contributed by atoms with Gasteiger partial charge in [-0.05, 0) is 89.8 Å². The highest BCUT2D eigenvalue weighted by Gasteiger charge is 2.33. The number of carbonyl (C=O) groups excluding carboxylic acids is 1. The minimum Gasteiger partial charge on any atom is -0.497 e. The second-order valence-electron chi connectivity index (χ2n) is 14.5. The molecule has 0 atom stereocenters. The summed E-state index contributed by atoms with van der Waals surface area (Å²) in [5.74, 6) is 2.62. The number of methoxy groups -OCH3 is 5. The normalized spacial score (nSPS) is 11.9. The number of rotatable bonds is 16. The summed E-state index contributed by atoms with van der Waals surface area (Å²) in [7, 11) is 3.17. The molecule has 12 nitrogen and oxygen atoms in total. The number of halogens is 3. The average Bonchev–Trinajstić information content (AvgIpc) is 3.86. The van der Waals surface area contributed by atoms with E-state index < -0.39 is 20.8 Å². The van der Waals surface area contributed by atoms with Gasteiger partial charge in [0.1, 0.15) is 29.6 Å². The van der Waals surface area contributed by atoms with Crippen LogP contribution >= 0.6 is 34.8 Å². The first-order valence-electron chi connectivity index (χ1n) is 19.7. The second-order valence-corrected chi connectivity index (χ2v) is 18.3. The van der Waals surface area contributed by atoms with E-state index in [4.69, 9.17) is 66.9 Å². The van der Waals surface area contributed by atoms with Gasteiger partial charge in [-0.15, -0.1) is 0 Å². The molecule has 0 aliphatic rings. The topological polar surface area (TPSA) is 137 Å². The van der Waals surface area contributed by atoms with E-state index in [0.29, 0.717) is 102 Å². The van der Waals surface area contributed by atoms with Crippen molar-refractivity contribution in [2.45, 2.75) is 16.8 Å². The van der Waals surface area contributed by atoms with E-state index in [9.17, 15) is 8.42 Å². The van der Waals surface area contributed by atoms with Gasteiger partial charge < -0.3 is 37.4 Å². The van der Waals surface area contributed by atoms with Crippen LogP contribution in [0.2, 0.25) is 0 Å². The molecule has 0 aliphatic carbocycles. The van der Waals surface area contributed by atoms with E-state index in [1.165, 1.54) is 6.07 Å². The third-order valence-electron chi connectivity index (χ3n) is 10.9. The van der Waals surface area contributed by atoms with Gasteiger partial charge in [0.15, 0.2) is 11.5 Å². The maximum Gasteiger partial charge on any atom is 0.449 e. The largest absolute Gasteiger partial charge is 0.497 e. The molecule has 0 bridgehead atoms. The van der Waals surface area contributed by atoms with Gasteiger partial charge >= 0.3 is 10.4 Å². The number of hydrogen-bond donors (Lipinski definition) is 1. The number of ether oxygens (including phenoxy) is 5. The van der Waals surface area contributed by atoms with Crippen LogP contribution in [0.15, 0.2) is 115 Å². The Labute approximate surface area is 384 Å². The Morgan fingerprint density at radius 3 is 1.70 bits per heavy atom. The second kappa shape index (κ2) is 18.2. The molecule has 0 radical (unpaired) electrons. The van der Waals surface area contributed by atoms with E-state index in [2.05, 4.69) is 9.55 Å². The molecule has 0 aliphatic heterocycles. The Morgan fingerprint density at radius 1 is 0.641 bits per heavy atom. The zero-order valence-electron chi connectivity index (χ0n) is 35.2. The van der Waals surface area contributed by atoms with E-state index in [1.807, 2.05) is 78.9 Å². The van der Waals surface area contributed by atoms with E-state index >= 15 is 4.79 Å². The van der Waals surface area contributed by atoms with Crippen LogP contribution in [-0.4, -0.2) is 69.7 Å². The number of aromatic nitrogens is 2. The van der Waals surface area contributed by atoms with Gasteiger partial charge in [-0.25, -0.2) is 4.18 Å².